The van der Waals surface area contributed by atoms with Crippen molar-refractivity contribution in [2.75, 3.05) is 20.2 Å². The van der Waals surface area contributed by atoms with Crippen molar-refractivity contribution in [3.8, 4) is 0 Å². The number of halogens is 2. The van der Waals surface area contributed by atoms with Gasteiger partial charge in [-0.2, -0.15) is 0 Å². The van der Waals surface area contributed by atoms with Crippen LogP contribution in [0.3, 0.4) is 0 Å². The number of ether oxygens (including phenoxy) is 1. The smallest absolute Gasteiger partial charge is 0.310 e. The van der Waals surface area contributed by atoms with Gasteiger partial charge in [-0.25, -0.2) is 0 Å². The maximum absolute atomic E-state index is 12.1. The first kappa shape index (κ1) is 15.9. The zero-order valence-electron chi connectivity index (χ0n) is 11.5. The normalized spacial score (nSPS) is 18.2. The van der Waals surface area contributed by atoms with E-state index in [1.807, 2.05) is 0 Å². The maximum Gasteiger partial charge on any atom is 0.310 e. The van der Waals surface area contributed by atoms with Gasteiger partial charge in [0.1, 0.15) is 0 Å². The summed E-state index contributed by atoms with van der Waals surface area (Å²) < 4.78 is 4.69. The molecule has 4 nitrogen and oxygen atoms in total. The predicted molar refractivity (Wildman–Crippen MR) is 82.2 cm³/mol. The Morgan fingerprint density at radius 1 is 1.29 bits per heavy atom. The molecule has 0 spiro atoms. The molecule has 0 radical (unpaired) electrons. The number of hydrogen-bond donors (Lipinski definition) is 0. The van der Waals surface area contributed by atoms with Gasteiger partial charge in [0.2, 0.25) is 5.91 Å². The van der Waals surface area contributed by atoms with Crippen molar-refractivity contribution in [2.45, 2.75) is 6.42 Å². The molecular weight excluding hydrogens is 313 g/mol. The van der Waals surface area contributed by atoms with Crippen LogP contribution >= 0.6 is 23.2 Å². The monoisotopic (exact) mass is 327 g/mol. The number of carbonyl (C=O) groups is 2. The highest BCUT2D eigenvalue weighted by atomic mass is 35.5. The van der Waals surface area contributed by atoms with E-state index in [0.29, 0.717) is 29.6 Å². The number of benzene rings is 1. The van der Waals surface area contributed by atoms with E-state index in [-0.39, 0.29) is 17.8 Å². The van der Waals surface area contributed by atoms with Crippen molar-refractivity contribution >= 4 is 41.2 Å². The number of likely N-dealkylation sites (tertiary alicyclic amines) is 1. The maximum atomic E-state index is 12.1. The molecule has 0 N–H and O–H groups in total. The second-order valence-corrected chi connectivity index (χ2v) is 5.70. The van der Waals surface area contributed by atoms with Crippen LogP contribution in [-0.4, -0.2) is 37.0 Å². The van der Waals surface area contributed by atoms with Crippen LogP contribution in [0.1, 0.15) is 12.0 Å². The SMILES string of the molecule is COC(=O)C1CCN(C(=O)/C=C/c2cc(Cl)cc(Cl)c2)C1. The van der Waals surface area contributed by atoms with Crippen LogP contribution in [0.25, 0.3) is 6.08 Å². The number of amides is 1. The summed E-state index contributed by atoms with van der Waals surface area (Å²) in [4.78, 5) is 25.1. The number of esters is 1. The van der Waals surface area contributed by atoms with Gasteiger partial charge >= 0.3 is 5.97 Å². The van der Waals surface area contributed by atoms with Crippen molar-refractivity contribution in [1.82, 2.24) is 4.90 Å². The van der Waals surface area contributed by atoms with E-state index < -0.39 is 0 Å². The van der Waals surface area contributed by atoms with Gasteiger partial charge in [-0.3, -0.25) is 9.59 Å². The molecule has 1 atom stereocenters. The third-order valence-corrected chi connectivity index (χ3v) is 3.77. The van der Waals surface area contributed by atoms with E-state index in [4.69, 9.17) is 27.9 Å². The van der Waals surface area contributed by atoms with Gasteiger partial charge in [0.25, 0.3) is 0 Å². The topological polar surface area (TPSA) is 46.6 Å². The van der Waals surface area contributed by atoms with Gasteiger partial charge in [-0.1, -0.05) is 23.2 Å². The van der Waals surface area contributed by atoms with Gasteiger partial charge in [-0.15, -0.1) is 0 Å². The summed E-state index contributed by atoms with van der Waals surface area (Å²) in [6.07, 6.45) is 3.75. The molecule has 6 heteroatoms. The van der Waals surface area contributed by atoms with Gasteiger partial charge in [0, 0.05) is 29.2 Å². The Morgan fingerprint density at radius 2 is 1.95 bits per heavy atom. The zero-order chi connectivity index (χ0) is 15.4. The average molecular weight is 328 g/mol. The molecule has 1 aliphatic heterocycles. The van der Waals surface area contributed by atoms with Gasteiger partial charge in [0.15, 0.2) is 0 Å². The fourth-order valence-corrected chi connectivity index (χ4v) is 2.81. The molecule has 1 aromatic carbocycles. The Morgan fingerprint density at radius 3 is 2.57 bits per heavy atom. The van der Waals surface area contributed by atoms with Crippen LogP contribution in [0.2, 0.25) is 10.0 Å². The van der Waals surface area contributed by atoms with Gasteiger partial charge in [-0.05, 0) is 36.3 Å². The van der Waals surface area contributed by atoms with E-state index in [9.17, 15) is 9.59 Å². The lowest BCUT2D eigenvalue weighted by atomic mass is 10.1. The molecule has 1 aliphatic rings. The second kappa shape index (κ2) is 6.96. The summed E-state index contributed by atoms with van der Waals surface area (Å²) in [5.74, 6) is -0.638. The predicted octanol–water partition coefficient (Wildman–Crippen LogP) is 3.03. The Kier molecular flexibility index (Phi) is 5.26. The van der Waals surface area contributed by atoms with E-state index in [0.717, 1.165) is 5.56 Å². The molecule has 0 bridgehead atoms. The van der Waals surface area contributed by atoms with Crippen LogP contribution in [0, 0.1) is 5.92 Å². The van der Waals surface area contributed by atoms with E-state index in [2.05, 4.69) is 0 Å². The standard InChI is InChI=1S/C15H15Cl2NO3/c1-21-15(20)11-4-5-18(9-11)14(19)3-2-10-6-12(16)8-13(17)7-10/h2-3,6-8,11H,4-5,9H2,1H3/b3-2+. The fourth-order valence-electron chi connectivity index (χ4n) is 2.26. The third kappa shape index (κ3) is 4.22. The van der Waals surface area contributed by atoms with Crippen LogP contribution < -0.4 is 0 Å². The number of hydrogen-bond acceptors (Lipinski definition) is 3. The largest absolute Gasteiger partial charge is 0.469 e. The average Bonchev–Trinajstić information content (AvgIpc) is 2.92. The summed E-state index contributed by atoms with van der Waals surface area (Å²) in [6.45, 7) is 0.950. The summed E-state index contributed by atoms with van der Waals surface area (Å²) in [7, 11) is 1.36. The van der Waals surface area contributed by atoms with Gasteiger partial charge in [0.05, 0.1) is 13.0 Å². The van der Waals surface area contributed by atoms with Crippen LogP contribution in [0.4, 0.5) is 0 Å². The van der Waals surface area contributed by atoms with Gasteiger partial charge < -0.3 is 9.64 Å². The van der Waals surface area contributed by atoms with Crippen molar-refractivity contribution in [3.05, 3.63) is 39.9 Å². The first-order chi connectivity index (χ1) is 9.99. The Balaban J connectivity index is 1.98. The number of nitrogens with zero attached hydrogens (tertiary/aromatic N) is 1. The van der Waals surface area contributed by atoms with Crippen molar-refractivity contribution in [1.29, 1.82) is 0 Å². The summed E-state index contributed by atoms with van der Waals surface area (Å²) >= 11 is 11.8. The molecule has 1 heterocycles. The molecule has 1 fully saturated rings. The molecule has 0 saturated carbocycles. The molecule has 1 unspecified atom stereocenters. The Bertz CT molecular complexity index is 566. The Labute approximate surface area is 133 Å². The quantitative estimate of drug-likeness (QED) is 0.633. The minimum Gasteiger partial charge on any atom is -0.469 e. The summed E-state index contributed by atoms with van der Waals surface area (Å²) in [5.41, 5.74) is 0.754. The van der Waals surface area contributed by atoms with E-state index in [1.165, 1.54) is 13.2 Å². The zero-order valence-corrected chi connectivity index (χ0v) is 13.0. The molecule has 21 heavy (non-hydrogen) atoms. The van der Waals surface area contributed by atoms with Crippen LogP contribution in [0.5, 0.6) is 0 Å². The highest BCUT2D eigenvalue weighted by molar-refractivity contribution is 6.34. The summed E-state index contributed by atoms with van der Waals surface area (Å²) in [6, 6.07) is 5.07. The molecule has 0 aliphatic carbocycles. The molecule has 0 aromatic heterocycles. The Hall–Kier alpha value is -1.52. The first-order valence-electron chi connectivity index (χ1n) is 6.50. The highest BCUT2D eigenvalue weighted by Gasteiger charge is 2.30. The first-order valence-corrected chi connectivity index (χ1v) is 7.26. The van der Waals surface area contributed by atoms with Crippen LogP contribution in [0.15, 0.2) is 24.3 Å². The molecule has 112 valence electrons. The molecule has 1 amide bonds. The lowest BCUT2D eigenvalue weighted by molar-refractivity contribution is -0.145. The highest BCUT2D eigenvalue weighted by Crippen LogP contribution is 2.21. The van der Waals surface area contributed by atoms with E-state index >= 15 is 0 Å². The molecule has 1 aromatic rings. The lowest BCUT2D eigenvalue weighted by Gasteiger charge is -2.13. The minimum atomic E-state index is -0.268. The van der Waals surface area contributed by atoms with Crippen molar-refractivity contribution in [3.63, 3.8) is 0 Å². The van der Waals surface area contributed by atoms with E-state index in [1.54, 1.807) is 29.2 Å². The molecular formula is C15H15Cl2NO3. The number of methoxy groups -OCH3 is 1. The molecule has 2 rings (SSSR count). The fraction of sp³-hybridized carbons (Fsp3) is 0.333. The summed E-state index contributed by atoms with van der Waals surface area (Å²) in [5, 5.41) is 1.03. The van der Waals surface area contributed by atoms with Crippen molar-refractivity contribution in [2.24, 2.45) is 5.92 Å². The van der Waals surface area contributed by atoms with Crippen molar-refractivity contribution < 1.29 is 14.3 Å². The third-order valence-electron chi connectivity index (χ3n) is 3.34. The lowest BCUT2D eigenvalue weighted by Crippen LogP contribution is -2.28. The minimum absolute atomic E-state index is 0.141. The second-order valence-electron chi connectivity index (χ2n) is 4.83. The molecule has 1 saturated heterocycles. The number of rotatable bonds is 3. The number of carbonyl (C=O) groups excluding carboxylic acids is 2. The van der Waals surface area contributed by atoms with Crippen LogP contribution in [-0.2, 0) is 14.3 Å².